The van der Waals surface area contributed by atoms with Crippen LogP contribution in [0, 0.1) is 9.49 Å². The molecule has 0 saturated heterocycles. The second-order valence-corrected chi connectivity index (χ2v) is 5.85. The number of benzene rings is 1. The van der Waals surface area contributed by atoms with Crippen LogP contribution in [0.5, 0.6) is 0 Å². The lowest BCUT2D eigenvalue weighted by Gasteiger charge is -2.05. The van der Waals surface area contributed by atoms with E-state index in [0.29, 0.717) is 5.92 Å². The number of nitrogens with zero attached hydrogens (tertiary/aromatic N) is 3. The Bertz CT molecular complexity index is 493. The summed E-state index contributed by atoms with van der Waals surface area (Å²) in [5.41, 5.74) is 2.04. The normalized spacial score (nSPS) is 11.5. The van der Waals surface area contributed by atoms with Crippen LogP contribution in [0.15, 0.2) is 16.6 Å². The van der Waals surface area contributed by atoms with E-state index in [9.17, 15) is 0 Å². The topological polar surface area (TPSA) is 30.7 Å². The fourth-order valence-corrected chi connectivity index (χ4v) is 2.31. The van der Waals surface area contributed by atoms with E-state index >= 15 is 0 Å². The summed E-state index contributed by atoms with van der Waals surface area (Å²) in [5.74, 6) is 0.577. The number of fused-ring (bicyclic) bond motifs is 1. The van der Waals surface area contributed by atoms with Gasteiger partial charge in [-0.05, 0) is 56.6 Å². The summed E-state index contributed by atoms with van der Waals surface area (Å²) in [5, 5.41) is 8.36. The van der Waals surface area contributed by atoms with Gasteiger partial charge in [-0.3, -0.25) is 0 Å². The second kappa shape index (κ2) is 4.37. The zero-order chi connectivity index (χ0) is 11.0. The average Bonchev–Trinajstić information content (AvgIpc) is 2.55. The fraction of sp³-hybridized carbons (Fsp3) is 0.400. The molecule has 0 saturated carbocycles. The number of aromatic nitrogens is 3. The van der Waals surface area contributed by atoms with Gasteiger partial charge in [0.25, 0.3) is 0 Å². The Morgan fingerprint density at radius 1 is 1.47 bits per heavy atom. The molecular formula is C10H11BrIN3. The molecule has 80 valence electrons. The molecule has 0 spiro atoms. The summed E-state index contributed by atoms with van der Waals surface area (Å²) in [4.78, 5) is 0. The van der Waals surface area contributed by atoms with Crippen LogP contribution in [-0.4, -0.2) is 15.0 Å². The molecule has 0 aliphatic heterocycles. The molecule has 0 N–H and O–H groups in total. The summed E-state index contributed by atoms with van der Waals surface area (Å²) in [6, 6.07) is 4.15. The Hall–Kier alpha value is -0.170. The maximum absolute atomic E-state index is 4.19. The van der Waals surface area contributed by atoms with Crippen molar-refractivity contribution >= 4 is 49.6 Å². The van der Waals surface area contributed by atoms with Gasteiger partial charge < -0.3 is 0 Å². The van der Waals surface area contributed by atoms with Crippen molar-refractivity contribution in [2.45, 2.75) is 20.4 Å². The van der Waals surface area contributed by atoms with E-state index < -0.39 is 0 Å². The van der Waals surface area contributed by atoms with Gasteiger partial charge in [0.2, 0.25) is 0 Å². The Morgan fingerprint density at radius 3 is 2.87 bits per heavy atom. The van der Waals surface area contributed by atoms with Gasteiger partial charge in [-0.15, -0.1) is 5.10 Å². The molecule has 1 heterocycles. The van der Waals surface area contributed by atoms with Gasteiger partial charge in [0.05, 0.1) is 9.99 Å². The van der Waals surface area contributed by atoms with Gasteiger partial charge in [0.1, 0.15) is 5.52 Å². The van der Waals surface area contributed by atoms with Crippen molar-refractivity contribution in [2.24, 2.45) is 5.92 Å². The molecule has 0 aliphatic carbocycles. The Morgan fingerprint density at radius 2 is 2.20 bits per heavy atom. The van der Waals surface area contributed by atoms with E-state index in [4.69, 9.17) is 0 Å². The molecule has 15 heavy (non-hydrogen) atoms. The fourth-order valence-electron chi connectivity index (χ4n) is 1.46. The molecule has 0 atom stereocenters. The molecule has 3 nitrogen and oxygen atoms in total. The predicted octanol–water partition coefficient (Wildman–Crippen LogP) is 3.45. The van der Waals surface area contributed by atoms with Crippen LogP contribution in [0.3, 0.4) is 0 Å². The predicted molar refractivity (Wildman–Crippen MR) is 72.8 cm³/mol. The molecular weight excluding hydrogens is 369 g/mol. The van der Waals surface area contributed by atoms with Crippen molar-refractivity contribution in [1.82, 2.24) is 15.0 Å². The highest BCUT2D eigenvalue weighted by molar-refractivity contribution is 14.1. The largest absolute Gasteiger partial charge is 0.244 e. The summed E-state index contributed by atoms with van der Waals surface area (Å²) >= 11 is 5.82. The van der Waals surface area contributed by atoms with Gasteiger partial charge in [0, 0.05) is 10.1 Å². The van der Waals surface area contributed by atoms with Crippen LogP contribution >= 0.6 is 38.5 Å². The van der Waals surface area contributed by atoms with E-state index in [2.05, 4.69) is 74.8 Å². The van der Waals surface area contributed by atoms with Crippen LogP contribution in [0.4, 0.5) is 0 Å². The van der Waals surface area contributed by atoms with Crippen molar-refractivity contribution in [3.8, 4) is 0 Å². The lowest BCUT2D eigenvalue weighted by Crippen LogP contribution is -2.05. The summed E-state index contributed by atoms with van der Waals surface area (Å²) in [6.07, 6.45) is 0. The molecule has 1 aromatic carbocycles. The third kappa shape index (κ3) is 2.18. The lowest BCUT2D eigenvalue weighted by molar-refractivity contribution is 0.483. The van der Waals surface area contributed by atoms with E-state index in [-0.39, 0.29) is 0 Å². The molecule has 2 aromatic rings. The minimum absolute atomic E-state index is 0.577. The molecule has 0 radical (unpaired) electrons. The SMILES string of the molecule is CC(C)Cn1nnc2c(Br)c(I)ccc21. The zero-order valence-corrected chi connectivity index (χ0v) is 12.3. The van der Waals surface area contributed by atoms with Crippen molar-refractivity contribution in [3.05, 3.63) is 20.2 Å². The minimum Gasteiger partial charge on any atom is -0.244 e. The summed E-state index contributed by atoms with van der Waals surface area (Å²) in [7, 11) is 0. The zero-order valence-electron chi connectivity index (χ0n) is 8.54. The summed E-state index contributed by atoms with van der Waals surface area (Å²) < 4.78 is 4.16. The molecule has 0 unspecified atom stereocenters. The van der Waals surface area contributed by atoms with E-state index in [1.807, 2.05) is 4.68 Å². The van der Waals surface area contributed by atoms with Crippen molar-refractivity contribution < 1.29 is 0 Å². The van der Waals surface area contributed by atoms with Crippen LogP contribution in [0.1, 0.15) is 13.8 Å². The Labute approximate surface area is 110 Å². The molecule has 0 fully saturated rings. The van der Waals surface area contributed by atoms with Gasteiger partial charge in [-0.1, -0.05) is 19.1 Å². The first kappa shape index (κ1) is 11.3. The van der Waals surface area contributed by atoms with E-state index in [0.717, 1.165) is 25.6 Å². The van der Waals surface area contributed by atoms with Crippen LogP contribution in [0.25, 0.3) is 11.0 Å². The van der Waals surface area contributed by atoms with Crippen LogP contribution in [-0.2, 0) is 6.54 Å². The van der Waals surface area contributed by atoms with Gasteiger partial charge in [-0.25, -0.2) is 4.68 Å². The van der Waals surface area contributed by atoms with Gasteiger partial charge in [-0.2, -0.15) is 0 Å². The van der Waals surface area contributed by atoms with Crippen LogP contribution < -0.4 is 0 Å². The smallest absolute Gasteiger partial charge is 0.128 e. The average molecular weight is 380 g/mol. The molecule has 5 heteroatoms. The Balaban J connectivity index is 2.57. The third-order valence-electron chi connectivity index (χ3n) is 2.12. The highest BCUT2D eigenvalue weighted by Gasteiger charge is 2.10. The monoisotopic (exact) mass is 379 g/mol. The standard InChI is InChI=1S/C10H11BrIN3/c1-6(2)5-15-8-4-3-7(12)9(11)10(8)13-14-15/h3-4,6H,5H2,1-2H3. The highest BCUT2D eigenvalue weighted by Crippen LogP contribution is 2.27. The number of hydrogen-bond donors (Lipinski definition) is 0. The number of halogens is 2. The van der Waals surface area contributed by atoms with Gasteiger partial charge >= 0.3 is 0 Å². The molecule has 0 bridgehead atoms. The molecule has 2 rings (SSSR count). The first-order chi connectivity index (χ1) is 7.09. The van der Waals surface area contributed by atoms with E-state index in [1.54, 1.807) is 0 Å². The van der Waals surface area contributed by atoms with Crippen LogP contribution in [0.2, 0.25) is 0 Å². The van der Waals surface area contributed by atoms with Crippen molar-refractivity contribution in [2.75, 3.05) is 0 Å². The summed E-state index contributed by atoms with van der Waals surface area (Å²) in [6.45, 7) is 5.26. The first-order valence-electron chi connectivity index (χ1n) is 4.77. The molecule has 0 amide bonds. The number of hydrogen-bond acceptors (Lipinski definition) is 2. The molecule has 0 aliphatic rings. The second-order valence-electron chi connectivity index (χ2n) is 3.89. The lowest BCUT2D eigenvalue weighted by atomic mass is 10.2. The molecule has 1 aromatic heterocycles. The quantitative estimate of drug-likeness (QED) is 0.748. The highest BCUT2D eigenvalue weighted by atomic mass is 127. The van der Waals surface area contributed by atoms with Crippen molar-refractivity contribution in [3.63, 3.8) is 0 Å². The van der Waals surface area contributed by atoms with Gasteiger partial charge in [0.15, 0.2) is 0 Å². The maximum atomic E-state index is 4.19. The number of rotatable bonds is 2. The minimum atomic E-state index is 0.577. The van der Waals surface area contributed by atoms with E-state index in [1.165, 1.54) is 0 Å². The first-order valence-corrected chi connectivity index (χ1v) is 6.64. The maximum Gasteiger partial charge on any atom is 0.128 e. The van der Waals surface area contributed by atoms with Crippen molar-refractivity contribution in [1.29, 1.82) is 0 Å². The Kier molecular flexibility index (Phi) is 3.30. The third-order valence-corrected chi connectivity index (χ3v) is 4.56.